The molecule has 5 nitrogen and oxygen atoms in total. The SMILES string of the molecule is Cc1ccc(C(=O)NCC2(C(=O)O)CCCCCC2)n1C. The molecule has 1 fully saturated rings. The maximum Gasteiger partial charge on any atom is 0.311 e. The van der Waals surface area contributed by atoms with E-state index in [9.17, 15) is 14.7 Å². The maximum atomic E-state index is 12.2. The molecule has 1 aromatic heterocycles. The molecule has 5 heteroatoms. The molecule has 1 amide bonds. The van der Waals surface area contributed by atoms with Crippen LogP contribution in [0.2, 0.25) is 0 Å². The molecule has 1 aliphatic rings. The molecule has 0 spiro atoms. The van der Waals surface area contributed by atoms with Crippen LogP contribution in [-0.4, -0.2) is 28.1 Å². The second kappa shape index (κ2) is 6.33. The average Bonchev–Trinajstić information content (AvgIpc) is 2.68. The summed E-state index contributed by atoms with van der Waals surface area (Å²) in [7, 11) is 1.84. The first kappa shape index (κ1) is 15.6. The summed E-state index contributed by atoms with van der Waals surface area (Å²) in [6.07, 6.45) is 5.31. The molecule has 1 aromatic rings. The smallest absolute Gasteiger partial charge is 0.311 e. The summed E-state index contributed by atoms with van der Waals surface area (Å²) in [6, 6.07) is 3.65. The summed E-state index contributed by atoms with van der Waals surface area (Å²) in [5.41, 5.74) is 0.774. The van der Waals surface area contributed by atoms with Gasteiger partial charge in [-0.1, -0.05) is 25.7 Å². The summed E-state index contributed by atoms with van der Waals surface area (Å²) in [5.74, 6) is -0.983. The molecule has 2 N–H and O–H groups in total. The Kier molecular flexibility index (Phi) is 4.70. The van der Waals surface area contributed by atoms with Crippen molar-refractivity contribution < 1.29 is 14.7 Å². The Labute approximate surface area is 125 Å². The lowest BCUT2D eigenvalue weighted by Crippen LogP contribution is -2.43. The van der Waals surface area contributed by atoms with Crippen LogP contribution < -0.4 is 5.32 Å². The fourth-order valence-corrected chi connectivity index (χ4v) is 3.05. The Morgan fingerprint density at radius 2 is 1.86 bits per heavy atom. The van der Waals surface area contributed by atoms with E-state index in [1.807, 2.05) is 24.6 Å². The Bertz CT molecular complexity index is 526. The summed E-state index contributed by atoms with van der Waals surface area (Å²) in [6.45, 7) is 2.15. The standard InChI is InChI=1S/C16H24N2O3/c1-12-7-8-13(18(12)2)14(19)17-11-16(15(20)21)9-5-3-4-6-10-16/h7-8H,3-6,9-11H2,1-2H3,(H,17,19)(H,20,21). The summed E-state index contributed by atoms with van der Waals surface area (Å²) in [5, 5.41) is 12.4. The number of carboxylic acids is 1. The van der Waals surface area contributed by atoms with Crippen LogP contribution in [0.25, 0.3) is 0 Å². The highest BCUT2D eigenvalue weighted by atomic mass is 16.4. The fourth-order valence-electron chi connectivity index (χ4n) is 3.05. The number of nitrogens with one attached hydrogen (secondary N) is 1. The monoisotopic (exact) mass is 292 g/mol. The van der Waals surface area contributed by atoms with Crippen molar-refractivity contribution in [3.05, 3.63) is 23.5 Å². The van der Waals surface area contributed by atoms with Crippen molar-refractivity contribution in [1.82, 2.24) is 9.88 Å². The normalized spacial score (nSPS) is 18.0. The van der Waals surface area contributed by atoms with Gasteiger partial charge in [0.15, 0.2) is 0 Å². The molecular weight excluding hydrogens is 268 g/mol. The number of carboxylic acid groups (broad SMARTS) is 1. The topological polar surface area (TPSA) is 71.3 Å². The second-order valence-corrected chi connectivity index (χ2v) is 6.10. The van der Waals surface area contributed by atoms with Gasteiger partial charge in [0.1, 0.15) is 5.69 Å². The van der Waals surface area contributed by atoms with E-state index in [1.165, 1.54) is 0 Å². The van der Waals surface area contributed by atoms with Gasteiger partial charge in [-0.3, -0.25) is 9.59 Å². The Morgan fingerprint density at radius 3 is 2.33 bits per heavy atom. The third kappa shape index (κ3) is 3.28. The van der Waals surface area contributed by atoms with Gasteiger partial charge in [0, 0.05) is 19.3 Å². The maximum absolute atomic E-state index is 12.2. The van der Waals surface area contributed by atoms with E-state index in [2.05, 4.69) is 5.32 Å². The van der Waals surface area contributed by atoms with Crippen molar-refractivity contribution in [2.24, 2.45) is 12.5 Å². The van der Waals surface area contributed by atoms with Crippen LogP contribution in [0.3, 0.4) is 0 Å². The molecule has 1 heterocycles. The van der Waals surface area contributed by atoms with Crippen LogP contribution in [0.5, 0.6) is 0 Å². The first-order valence-corrected chi connectivity index (χ1v) is 7.60. The molecule has 0 bridgehead atoms. The van der Waals surface area contributed by atoms with Gasteiger partial charge in [-0.05, 0) is 31.9 Å². The van der Waals surface area contributed by atoms with Crippen LogP contribution >= 0.6 is 0 Å². The highest BCUT2D eigenvalue weighted by Crippen LogP contribution is 2.34. The van der Waals surface area contributed by atoms with E-state index < -0.39 is 11.4 Å². The minimum absolute atomic E-state index is 0.199. The number of hydrogen-bond acceptors (Lipinski definition) is 2. The minimum atomic E-state index is -0.799. The Balaban J connectivity index is 2.06. The number of carbonyl (C=O) groups is 2. The Hall–Kier alpha value is -1.78. The molecule has 0 unspecified atom stereocenters. The van der Waals surface area contributed by atoms with Crippen molar-refractivity contribution in [3.63, 3.8) is 0 Å². The molecule has 0 radical (unpaired) electrons. The zero-order valence-corrected chi connectivity index (χ0v) is 12.8. The van der Waals surface area contributed by atoms with E-state index in [4.69, 9.17) is 0 Å². The van der Waals surface area contributed by atoms with E-state index in [-0.39, 0.29) is 12.5 Å². The van der Waals surface area contributed by atoms with E-state index in [1.54, 1.807) is 6.07 Å². The predicted octanol–water partition coefficient (Wildman–Crippen LogP) is 2.49. The fraction of sp³-hybridized carbons (Fsp3) is 0.625. The van der Waals surface area contributed by atoms with E-state index >= 15 is 0 Å². The average molecular weight is 292 g/mol. The molecule has 0 atom stereocenters. The lowest BCUT2D eigenvalue weighted by Gasteiger charge is -2.28. The molecule has 116 valence electrons. The number of aliphatic carboxylic acids is 1. The van der Waals surface area contributed by atoms with E-state index in [0.717, 1.165) is 31.4 Å². The number of nitrogens with zero attached hydrogens (tertiary/aromatic N) is 1. The number of aryl methyl sites for hydroxylation is 1. The number of hydrogen-bond donors (Lipinski definition) is 2. The van der Waals surface area contributed by atoms with Crippen LogP contribution in [-0.2, 0) is 11.8 Å². The van der Waals surface area contributed by atoms with Crippen LogP contribution in [0.4, 0.5) is 0 Å². The zero-order valence-electron chi connectivity index (χ0n) is 12.8. The lowest BCUT2D eigenvalue weighted by molar-refractivity contribution is -0.149. The van der Waals surface area contributed by atoms with Crippen molar-refractivity contribution in [2.45, 2.75) is 45.4 Å². The van der Waals surface area contributed by atoms with Gasteiger partial charge in [0.2, 0.25) is 0 Å². The van der Waals surface area contributed by atoms with Gasteiger partial charge >= 0.3 is 5.97 Å². The first-order valence-electron chi connectivity index (χ1n) is 7.60. The largest absolute Gasteiger partial charge is 0.481 e. The molecule has 2 rings (SSSR count). The van der Waals surface area contributed by atoms with Crippen LogP contribution in [0, 0.1) is 12.3 Å². The van der Waals surface area contributed by atoms with E-state index in [0.29, 0.717) is 18.5 Å². The van der Waals surface area contributed by atoms with Crippen molar-refractivity contribution in [3.8, 4) is 0 Å². The van der Waals surface area contributed by atoms with Crippen molar-refractivity contribution in [1.29, 1.82) is 0 Å². The van der Waals surface area contributed by atoms with Gasteiger partial charge in [-0.25, -0.2) is 0 Å². The molecule has 0 saturated heterocycles. The molecule has 0 aliphatic heterocycles. The number of aromatic nitrogens is 1. The highest BCUT2D eigenvalue weighted by molar-refractivity contribution is 5.93. The minimum Gasteiger partial charge on any atom is -0.481 e. The quantitative estimate of drug-likeness (QED) is 0.838. The second-order valence-electron chi connectivity index (χ2n) is 6.10. The molecule has 21 heavy (non-hydrogen) atoms. The number of rotatable bonds is 4. The summed E-state index contributed by atoms with van der Waals surface area (Å²) >= 11 is 0. The van der Waals surface area contributed by atoms with Gasteiger partial charge in [-0.15, -0.1) is 0 Å². The van der Waals surface area contributed by atoms with Gasteiger partial charge < -0.3 is 15.0 Å². The third-order valence-electron chi connectivity index (χ3n) is 4.71. The Morgan fingerprint density at radius 1 is 1.24 bits per heavy atom. The molecule has 1 saturated carbocycles. The number of carbonyl (C=O) groups excluding carboxylic acids is 1. The van der Waals surface area contributed by atoms with Gasteiger partial charge in [0.05, 0.1) is 5.41 Å². The van der Waals surface area contributed by atoms with Crippen molar-refractivity contribution >= 4 is 11.9 Å². The zero-order chi connectivity index (χ0) is 15.5. The summed E-state index contributed by atoms with van der Waals surface area (Å²) < 4.78 is 1.82. The van der Waals surface area contributed by atoms with Crippen LogP contribution in [0.1, 0.15) is 54.7 Å². The highest BCUT2D eigenvalue weighted by Gasteiger charge is 2.39. The third-order valence-corrected chi connectivity index (χ3v) is 4.71. The summed E-state index contributed by atoms with van der Waals surface area (Å²) in [4.78, 5) is 23.9. The van der Waals surface area contributed by atoms with Crippen LogP contribution in [0.15, 0.2) is 12.1 Å². The van der Waals surface area contributed by atoms with Gasteiger partial charge in [-0.2, -0.15) is 0 Å². The molecule has 0 aromatic carbocycles. The van der Waals surface area contributed by atoms with Gasteiger partial charge in [0.25, 0.3) is 5.91 Å². The molecule has 1 aliphatic carbocycles. The van der Waals surface area contributed by atoms with Crippen molar-refractivity contribution in [2.75, 3.05) is 6.54 Å². The lowest BCUT2D eigenvalue weighted by atomic mass is 9.80. The molecular formula is C16H24N2O3. The predicted molar refractivity (Wildman–Crippen MR) is 80.3 cm³/mol. The first-order chi connectivity index (χ1) is 9.96. The number of amides is 1.